The number of nitrogens with one attached hydrogen (secondary N) is 1. The quantitative estimate of drug-likeness (QED) is 0.778. The van der Waals surface area contributed by atoms with E-state index in [4.69, 9.17) is 5.11 Å². The van der Waals surface area contributed by atoms with Gasteiger partial charge in [-0.15, -0.1) is 0 Å². The average molecular weight is 305 g/mol. The molecule has 0 aliphatic heterocycles. The van der Waals surface area contributed by atoms with Crippen LogP contribution in [0.2, 0.25) is 0 Å². The molecule has 23 heavy (non-hydrogen) atoms. The monoisotopic (exact) mass is 305 g/mol. The van der Waals surface area contributed by atoms with Crippen LogP contribution in [0.5, 0.6) is 0 Å². The third-order valence-corrected chi connectivity index (χ3v) is 4.21. The van der Waals surface area contributed by atoms with Gasteiger partial charge in [-0.25, -0.2) is 14.8 Å². The lowest BCUT2D eigenvalue weighted by Gasteiger charge is -2.12. The van der Waals surface area contributed by atoms with Crippen LogP contribution >= 0.6 is 0 Å². The van der Waals surface area contributed by atoms with Crippen LogP contribution in [-0.2, 0) is 12.8 Å². The molecule has 0 bridgehead atoms. The normalized spacial score (nSPS) is 13.9. The van der Waals surface area contributed by atoms with Crippen molar-refractivity contribution in [2.24, 2.45) is 0 Å². The molecule has 1 heterocycles. The molecule has 0 spiro atoms. The van der Waals surface area contributed by atoms with E-state index in [0.29, 0.717) is 12.0 Å². The van der Waals surface area contributed by atoms with Gasteiger partial charge in [-0.1, -0.05) is 24.3 Å². The summed E-state index contributed by atoms with van der Waals surface area (Å²) in [5, 5.41) is 13.1. The summed E-state index contributed by atoms with van der Waals surface area (Å²) in [6, 6.07) is 13.6. The standard InChI is InChI=1S/C18H15N3O2/c22-17(23)13-5-6-16-14(7-13)10-19-18(21-16)20-15-8-11-3-1-2-4-12(11)9-15/h1-7,10,15H,8-9H2,(H,22,23)(H,19,20,21). The molecule has 0 radical (unpaired) electrons. The third-order valence-electron chi connectivity index (χ3n) is 4.21. The Kier molecular flexibility index (Phi) is 3.19. The van der Waals surface area contributed by atoms with Crippen molar-refractivity contribution in [1.82, 2.24) is 9.97 Å². The van der Waals surface area contributed by atoms with E-state index < -0.39 is 5.97 Å². The predicted molar refractivity (Wildman–Crippen MR) is 87.8 cm³/mol. The van der Waals surface area contributed by atoms with Crippen LogP contribution in [0.25, 0.3) is 10.9 Å². The highest BCUT2D eigenvalue weighted by atomic mass is 16.4. The largest absolute Gasteiger partial charge is 0.478 e. The van der Waals surface area contributed by atoms with Crippen LogP contribution in [0, 0.1) is 0 Å². The Morgan fingerprint density at radius 1 is 1.13 bits per heavy atom. The second-order valence-corrected chi connectivity index (χ2v) is 5.79. The Balaban J connectivity index is 1.56. The van der Waals surface area contributed by atoms with E-state index in [1.54, 1.807) is 24.4 Å². The molecule has 2 aromatic carbocycles. The SMILES string of the molecule is O=C(O)c1ccc2nc(NC3Cc4ccccc4C3)ncc2c1. The summed E-state index contributed by atoms with van der Waals surface area (Å²) in [5.41, 5.74) is 3.73. The first-order chi connectivity index (χ1) is 11.2. The molecule has 0 saturated heterocycles. The van der Waals surface area contributed by atoms with Crippen molar-refractivity contribution in [2.75, 3.05) is 5.32 Å². The van der Waals surface area contributed by atoms with Gasteiger partial charge in [0.25, 0.3) is 0 Å². The Labute approximate surface area is 133 Å². The number of aromatic carboxylic acids is 1. The number of hydrogen-bond acceptors (Lipinski definition) is 4. The summed E-state index contributed by atoms with van der Waals surface area (Å²) >= 11 is 0. The molecule has 0 saturated carbocycles. The molecular formula is C18H15N3O2. The zero-order chi connectivity index (χ0) is 15.8. The van der Waals surface area contributed by atoms with E-state index in [1.165, 1.54) is 11.1 Å². The van der Waals surface area contributed by atoms with Crippen molar-refractivity contribution in [3.05, 3.63) is 65.4 Å². The second kappa shape index (κ2) is 5.35. The van der Waals surface area contributed by atoms with Crippen molar-refractivity contribution in [1.29, 1.82) is 0 Å². The Hall–Kier alpha value is -2.95. The van der Waals surface area contributed by atoms with Crippen molar-refractivity contribution >= 4 is 22.8 Å². The summed E-state index contributed by atoms with van der Waals surface area (Å²) in [4.78, 5) is 19.8. The van der Waals surface area contributed by atoms with E-state index in [2.05, 4.69) is 39.6 Å². The van der Waals surface area contributed by atoms with Gasteiger partial charge in [0.15, 0.2) is 0 Å². The van der Waals surface area contributed by atoms with Crippen molar-refractivity contribution in [3.8, 4) is 0 Å². The van der Waals surface area contributed by atoms with Crippen LogP contribution in [0.4, 0.5) is 5.95 Å². The minimum atomic E-state index is -0.946. The molecule has 114 valence electrons. The molecule has 2 N–H and O–H groups in total. The number of carboxylic acid groups (broad SMARTS) is 1. The summed E-state index contributed by atoms with van der Waals surface area (Å²) in [6.07, 6.45) is 3.60. The minimum absolute atomic E-state index is 0.244. The molecule has 0 atom stereocenters. The van der Waals surface area contributed by atoms with Crippen molar-refractivity contribution in [3.63, 3.8) is 0 Å². The van der Waals surface area contributed by atoms with Crippen LogP contribution in [0.3, 0.4) is 0 Å². The summed E-state index contributed by atoms with van der Waals surface area (Å²) < 4.78 is 0. The molecule has 3 aromatic rings. The van der Waals surface area contributed by atoms with Crippen LogP contribution in [0.1, 0.15) is 21.5 Å². The van der Waals surface area contributed by atoms with Crippen LogP contribution < -0.4 is 5.32 Å². The number of carbonyl (C=O) groups is 1. The Morgan fingerprint density at radius 2 is 1.87 bits per heavy atom. The van der Waals surface area contributed by atoms with Gasteiger partial charge in [-0.2, -0.15) is 0 Å². The molecule has 4 rings (SSSR count). The fraction of sp³-hybridized carbons (Fsp3) is 0.167. The van der Waals surface area contributed by atoms with Gasteiger partial charge < -0.3 is 10.4 Å². The van der Waals surface area contributed by atoms with E-state index in [9.17, 15) is 4.79 Å². The lowest BCUT2D eigenvalue weighted by molar-refractivity contribution is 0.0697. The first kappa shape index (κ1) is 13.7. The molecule has 1 aromatic heterocycles. The first-order valence-corrected chi connectivity index (χ1v) is 7.52. The summed E-state index contributed by atoms with van der Waals surface area (Å²) in [7, 11) is 0. The highest BCUT2D eigenvalue weighted by Crippen LogP contribution is 2.24. The zero-order valence-electron chi connectivity index (χ0n) is 12.4. The third kappa shape index (κ3) is 2.61. The maximum Gasteiger partial charge on any atom is 0.335 e. The number of rotatable bonds is 3. The number of fused-ring (bicyclic) bond motifs is 2. The van der Waals surface area contributed by atoms with Crippen molar-refractivity contribution in [2.45, 2.75) is 18.9 Å². The summed E-state index contributed by atoms with van der Waals surface area (Å²) in [5.74, 6) is -0.365. The lowest BCUT2D eigenvalue weighted by atomic mass is 10.1. The molecular weight excluding hydrogens is 290 g/mol. The van der Waals surface area contributed by atoms with Gasteiger partial charge in [-0.3, -0.25) is 0 Å². The topological polar surface area (TPSA) is 75.1 Å². The summed E-state index contributed by atoms with van der Waals surface area (Å²) in [6.45, 7) is 0. The number of nitrogens with zero attached hydrogens (tertiary/aromatic N) is 2. The van der Waals surface area contributed by atoms with Crippen LogP contribution in [0.15, 0.2) is 48.7 Å². The van der Waals surface area contributed by atoms with E-state index >= 15 is 0 Å². The maximum absolute atomic E-state index is 11.0. The predicted octanol–water partition coefficient (Wildman–Crippen LogP) is 2.91. The first-order valence-electron chi connectivity index (χ1n) is 7.52. The van der Waals surface area contributed by atoms with Gasteiger partial charge in [-0.05, 0) is 42.2 Å². The average Bonchev–Trinajstić information content (AvgIpc) is 2.96. The number of hydrogen-bond donors (Lipinski definition) is 2. The number of anilines is 1. The molecule has 0 unspecified atom stereocenters. The highest BCUT2D eigenvalue weighted by Gasteiger charge is 2.21. The molecule has 5 nitrogen and oxygen atoms in total. The lowest BCUT2D eigenvalue weighted by Crippen LogP contribution is -2.21. The molecule has 0 fully saturated rings. The Morgan fingerprint density at radius 3 is 2.57 bits per heavy atom. The second-order valence-electron chi connectivity index (χ2n) is 5.79. The van der Waals surface area contributed by atoms with Gasteiger partial charge in [0.05, 0.1) is 11.1 Å². The van der Waals surface area contributed by atoms with Gasteiger partial charge >= 0.3 is 5.97 Å². The van der Waals surface area contributed by atoms with E-state index in [-0.39, 0.29) is 5.56 Å². The zero-order valence-corrected chi connectivity index (χ0v) is 12.4. The number of benzene rings is 2. The molecule has 5 heteroatoms. The van der Waals surface area contributed by atoms with Gasteiger partial charge in [0.1, 0.15) is 0 Å². The molecule has 1 aliphatic rings. The van der Waals surface area contributed by atoms with Crippen molar-refractivity contribution < 1.29 is 9.90 Å². The fourth-order valence-electron chi connectivity index (χ4n) is 3.08. The highest BCUT2D eigenvalue weighted by molar-refractivity contribution is 5.93. The van der Waals surface area contributed by atoms with Gasteiger partial charge in [0.2, 0.25) is 5.95 Å². The smallest absolute Gasteiger partial charge is 0.335 e. The number of carboxylic acids is 1. The molecule has 0 amide bonds. The van der Waals surface area contributed by atoms with E-state index in [0.717, 1.165) is 23.7 Å². The fourth-order valence-corrected chi connectivity index (χ4v) is 3.08. The van der Waals surface area contributed by atoms with Gasteiger partial charge in [0, 0.05) is 17.6 Å². The molecule has 1 aliphatic carbocycles. The maximum atomic E-state index is 11.0. The van der Waals surface area contributed by atoms with E-state index in [1.807, 2.05) is 0 Å². The number of aromatic nitrogens is 2. The van der Waals surface area contributed by atoms with Crippen LogP contribution in [-0.4, -0.2) is 27.1 Å². The minimum Gasteiger partial charge on any atom is -0.478 e. The Bertz CT molecular complexity index is 883.